The van der Waals surface area contributed by atoms with Crippen molar-refractivity contribution < 1.29 is 0 Å². The molecule has 0 N–H and O–H groups in total. The highest BCUT2D eigenvalue weighted by atomic mass is 35.5. The summed E-state index contributed by atoms with van der Waals surface area (Å²) in [6.45, 7) is 1.88. The lowest BCUT2D eigenvalue weighted by Gasteiger charge is -2.02. The molecule has 0 aliphatic heterocycles. The summed E-state index contributed by atoms with van der Waals surface area (Å²) in [5.41, 5.74) is 2.26. The average Bonchev–Trinajstić information content (AvgIpc) is 2.57. The number of thiophene rings is 1. The second-order valence-electron chi connectivity index (χ2n) is 3.62. The minimum Gasteiger partial charge on any atom is -0.232 e. The van der Waals surface area contributed by atoms with Crippen molar-refractivity contribution in [3.63, 3.8) is 0 Å². The molecular formula is C11H9ClN2S. The van der Waals surface area contributed by atoms with E-state index >= 15 is 0 Å². The highest BCUT2D eigenvalue weighted by Crippen LogP contribution is 2.37. The Hall–Kier alpha value is -0.930. The van der Waals surface area contributed by atoms with Gasteiger partial charge in [-0.05, 0) is 19.8 Å². The molecule has 4 heteroatoms. The molecule has 3 rings (SSSR count). The van der Waals surface area contributed by atoms with Crippen LogP contribution in [0.25, 0.3) is 16.3 Å². The number of aromatic nitrogens is 2. The number of hydrogen-bond acceptors (Lipinski definition) is 3. The Kier molecular flexibility index (Phi) is 2.04. The first-order valence-electron chi connectivity index (χ1n) is 4.88. The van der Waals surface area contributed by atoms with Gasteiger partial charge >= 0.3 is 0 Å². The van der Waals surface area contributed by atoms with E-state index in [9.17, 15) is 0 Å². The quantitative estimate of drug-likeness (QED) is 0.653. The van der Waals surface area contributed by atoms with Crippen molar-refractivity contribution in [1.82, 2.24) is 9.97 Å². The second kappa shape index (κ2) is 3.29. The fourth-order valence-corrected chi connectivity index (χ4v) is 3.34. The predicted octanol–water partition coefficient (Wildman–Crippen LogP) is 3.61. The Morgan fingerprint density at radius 3 is 3.13 bits per heavy atom. The monoisotopic (exact) mass is 236 g/mol. The summed E-state index contributed by atoms with van der Waals surface area (Å²) in [6.07, 6.45) is 6.56. The zero-order valence-electron chi connectivity index (χ0n) is 8.25. The van der Waals surface area contributed by atoms with Gasteiger partial charge in [0.1, 0.15) is 5.82 Å². The molecule has 0 atom stereocenters. The Morgan fingerprint density at radius 1 is 1.40 bits per heavy atom. The van der Waals surface area contributed by atoms with Gasteiger partial charge in [0.2, 0.25) is 0 Å². The molecule has 0 aromatic carbocycles. The number of nitrogens with zero attached hydrogens (tertiary/aromatic N) is 2. The van der Waals surface area contributed by atoms with Crippen LogP contribution in [0.5, 0.6) is 0 Å². The first-order valence-corrected chi connectivity index (χ1v) is 6.07. The molecule has 2 nitrogen and oxygen atoms in total. The molecule has 2 aromatic heterocycles. The van der Waals surface area contributed by atoms with E-state index in [1.54, 1.807) is 11.3 Å². The maximum atomic E-state index is 6.12. The topological polar surface area (TPSA) is 25.8 Å². The standard InChI is InChI=1S/C11H9ClN2S/c1-6-13-9-7-4-2-3-5-8(7)15-10(9)11(12)14-6/h2,4H,3,5H2,1H3. The van der Waals surface area contributed by atoms with Crippen LogP contribution in [-0.4, -0.2) is 9.97 Å². The number of rotatable bonds is 0. The van der Waals surface area contributed by atoms with E-state index in [1.165, 1.54) is 10.4 Å². The Balaban J connectivity index is 2.43. The molecule has 0 saturated heterocycles. The van der Waals surface area contributed by atoms with Gasteiger partial charge in [-0.25, -0.2) is 9.97 Å². The van der Waals surface area contributed by atoms with Crippen LogP contribution < -0.4 is 0 Å². The van der Waals surface area contributed by atoms with E-state index in [-0.39, 0.29) is 0 Å². The van der Waals surface area contributed by atoms with Crippen LogP contribution in [-0.2, 0) is 6.42 Å². The minimum atomic E-state index is 0.588. The van der Waals surface area contributed by atoms with Crippen LogP contribution >= 0.6 is 22.9 Å². The van der Waals surface area contributed by atoms with Gasteiger partial charge in [0.25, 0.3) is 0 Å². The third-order valence-electron chi connectivity index (χ3n) is 2.54. The van der Waals surface area contributed by atoms with Gasteiger partial charge in [0.15, 0.2) is 5.15 Å². The van der Waals surface area contributed by atoms with E-state index < -0.39 is 0 Å². The second-order valence-corrected chi connectivity index (χ2v) is 5.08. The molecule has 0 radical (unpaired) electrons. The molecule has 1 aliphatic carbocycles. The van der Waals surface area contributed by atoms with Crippen LogP contribution in [0, 0.1) is 6.92 Å². The molecule has 0 unspecified atom stereocenters. The molecule has 2 heterocycles. The zero-order chi connectivity index (χ0) is 10.4. The lowest BCUT2D eigenvalue weighted by Crippen LogP contribution is -1.91. The van der Waals surface area contributed by atoms with Crippen molar-refractivity contribution in [2.24, 2.45) is 0 Å². The molecule has 0 amide bonds. The van der Waals surface area contributed by atoms with Gasteiger partial charge in [-0.2, -0.15) is 0 Å². The molecule has 0 spiro atoms. The first kappa shape index (κ1) is 9.31. The summed E-state index contributed by atoms with van der Waals surface area (Å²) in [5.74, 6) is 0.743. The number of hydrogen-bond donors (Lipinski definition) is 0. The normalized spacial score (nSPS) is 14.5. The lowest BCUT2D eigenvalue weighted by molar-refractivity contribution is 1.01. The molecule has 2 aromatic rings. The third-order valence-corrected chi connectivity index (χ3v) is 4.19. The summed E-state index contributed by atoms with van der Waals surface area (Å²) in [7, 11) is 0. The summed E-state index contributed by atoms with van der Waals surface area (Å²) >= 11 is 7.84. The van der Waals surface area contributed by atoms with E-state index in [2.05, 4.69) is 22.1 Å². The molecule has 1 aliphatic rings. The predicted molar refractivity (Wildman–Crippen MR) is 64.5 cm³/mol. The van der Waals surface area contributed by atoms with Crippen molar-refractivity contribution in [2.45, 2.75) is 19.8 Å². The summed E-state index contributed by atoms with van der Waals surface area (Å²) < 4.78 is 1.03. The average molecular weight is 237 g/mol. The fraction of sp³-hybridized carbons (Fsp3) is 0.273. The molecule has 0 saturated carbocycles. The van der Waals surface area contributed by atoms with Crippen LogP contribution in [0.2, 0.25) is 5.15 Å². The van der Waals surface area contributed by atoms with E-state index in [1.807, 2.05) is 6.92 Å². The largest absolute Gasteiger partial charge is 0.232 e. The van der Waals surface area contributed by atoms with Crippen LogP contribution in [0.4, 0.5) is 0 Å². The highest BCUT2D eigenvalue weighted by Gasteiger charge is 2.16. The smallest absolute Gasteiger partial charge is 0.150 e. The van der Waals surface area contributed by atoms with Gasteiger partial charge in [-0.1, -0.05) is 23.8 Å². The lowest BCUT2D eigenvalue weighted by atomic mass is 10.1. The van der Waals surface area contributed by atoms with Crippen molar-refractivity contribution in [1.29, 1.82) is 0 Å². The number of fused-ring (bicyclic) bond motifs is 3. The van der Waals surface area contributed by atoms with Crippen molar-refractivity contribution >= 4 is 39.2 Å². The fourth-order valence-electron chi connectivity index (χ4n) is 1.88. The van der Waals surface area contributed by atoms with E-state index in [4.69, 9.17) is 11.6 Å². The molecule has 76 valence electrons. The number of allylic oxidation sites excluding steroid dienone is 1. The van der Waals surface area contributed by atoms with Crippen molar-refractivity contribution in [3.05, 3.63) is 27.5 Å². The van der Waals surface area contributed by atoms with Gasteiger partial charge in [0, 0.05) is 10.4 Å². The van der Waals surface area contributed by atoms with Crippen LogP contribution in [0.15, 0.2) is 6.08 Å². The number of aryl methyl sites for hydroxylation is 2. The van der Waals surface area contributed by atoms with Crippen molar-refractivity contribution in [3.8, 4) is 0 Å². The molecule has 15 heavy (non-hydrogen) atoms. The van der Waals surface area contributed by atoms with Crippen molar-refractivity contribution in [2.75, 3.05) is 0 Å². The molecular weight excluding hydrogens is 228 g/mol. The van der Waals surface area contributed by atoms with Crippen LogP contribution in [0.1, 0.15) is 22.7 Å². The van der Waals surface area contributed by atoms with Gasteiger partial charge < -0.3 is 0 Å². The maximum Gasteiger partial charge on any atom is 0.150 e. The molecule has 0 bridgehead atoms. The third kappa shape index (κ3) is 1.38. The summed E-state index contributed by atoms with van der Waals surface area (Å²) in [6, 6.07) is 0. The SMILES string of the molecule is Cc1nc(Cl)c2sc3c(c2n1)C=CCC3. The van der Waals surface area contributed by atoms with E-state index in [0.29, 0.717) is 5.15 Å². The minimum absolute atomic E-state index is 0.588. The van der Waals surface area contributed by atoms with Crippen LogP contribution in [0.3, 0.4) is 0 Å². The van der Waals surface area contributed by atoms with Gasteiger partial charge in [0.05, 0.1) is 10.2 Å². The maximum absolute atomic E-state index is 6.12. The van der Waals surface area contributed by atoms with Gasteiger partial charge in [-0.3, -0.25) is 0 Å². The van der Waals surface area contributed by atoms with E-state index in [0.717, 1.165) is 28.9 Å². The summed E-state index contributed by atoms with van der Waals surface area (Å²) in [4.78, 5) is 10.0. The highest BCUT2D eigenvalue weighted by molar-refractivity contribution is 7.20. The zero-order valence-corrected chi connectivity index (χ0v) is 9.82. The Bertz CT molecular complexity index is 571. The molecule has 0 fully saturated rings. The summed E-state index contributed by atoms with van der Waals surface area (Å²) in [5, 5.41) is 0.588. The first-order chi connectivity index (χ1) is 7.25. The number of halogens is 1. The Labute approximate surface area is 96.6 Å². The Morgan fingerprint density at radius 2 is 2.27 bits per heavy atom. The van der Waals surface area contributed by atoms with Gasteiger partial charge in [-0.15, -0.1) is 11.3 Å².